The molecule has 4 aliphatic rings. The Bertz CT molecular complexity index is 850. The van der Waals surface area contributed by atoms with Gasteiger partial charge in [0, 0.05) is 6.42 Å². The maximum absolute atomic E-state index is 12.8. The van der Waals surface area contributed by atoms with E-state index in [1.165, 1.54) is 25.7 Å². The Morgan fingerprint density at radius 1 is 0.975 bits per heavy atom. The molecule has 6 nitrogen and oxygen atoms in total. The van der Waals surface area contributed by atoms with E-state index in [-0.39, 0.29) is 41.0 Å². The van der Waals surface area contributed by atoms with Crippen molar-refractivity contribution in [2.24, 2.45) is 46.3 Å². The molecule has 11 atom stereocenters. The summed E-state index contributed by atoms with van der Waals surface area (Å²) >= 11 is 0. The first-order valence-corrected chi connectivity index (χ1v) is 17.0. The minimum atomic E-state index is -0.366. The van der Waals surface area contributed by atoms with Crippen LogP contribution in [0.1, 0.15) is 111 Å². The van der Waals surface area contributed by atoms with Crippen molar-refractivity contribution < 1.29 is 24.6 Å². The van der Waals surface area contributed by atoms with Gasteiger partial charge in [-0.15, -0.1) is 0 Å². The Morgan fingerprint density at radius 3 is 2.45 bits per heavy atom. The summed E-state index contributed by atoms with van der Waals surface area (Å²) in [4.78, 5) is 12.8. The first-order valence-electron chi connectivity index (χ1n) is 17.0. The third-order valence-corrected chi connectivity index (χ3v) is 13.0. The molecule has 4 saturated carbocycles. The number of hydrogen-bond acceptors (Lipinski definition) is 4. The van der Waals surface area contributed by atoms with E-state index in [2.05, 4.69) is 47.1 Å². The largest absolute Gasteiger partial charge is 0.393 e. The Balaban J connectivity index is 1.31. The van der Waals surface area contributed by atoms with Crippen LogP contribution in [0.25, 0.3) is 0 Å². The van der Waals surface area contributed by atoms with E-state index in [4.69, 9.17) is 0 Å². The molecule has 4 fully saturated rings. The van der Waals surface area contributed by atoms with Gasteiger partial charge in [-0.3, -0.25) is 4.79 Å². The van der Waals surface area contributed by atoms with Gasteiger partial charge in [-0.05, 0) is 111 Å². The summed E-state index contributed by atoms with van der Waals surface area (Å²) in [5, 5.41) is 36.8. The van der Waals surface area contributed by atoms with Crippen LogP contribution in [0, 0.1) is 46.3 Å². The molecular formula is C34H63N2O4+. The summed E-state index contributed by atoms with van der Waals surface area (Å²) in [5.41, 5.74) is -0.0925. The normalized spacial score (nSPS) is 42.0. The summed E-state index contributed by atoms with van der Waals surface area (Å²) < 4.78 is 0.953. The number of aliphatic hydroxyl groups excluding tert-OH is 3. The Hall–Kier alpha value is -0.690. The highest BCUT2D eigenvalue weighted by molar-refractivity contribution is 5.75. The van der Waals surface area contributed by atoms with Crippen molar-refractivity contribution in [1.82, 2.24) is 5.32 Å². The van der Waals surface area contributed by atoms with Gasteiger partial charge in [-0.2, -0.15) is 0 Å². The van der Waals surface area contributed by atoms with Crippen LogP contribution in [0.3, 0.4) is 0 Å². The second-order valence-corrected chi connectivity index (χ2v) is 15.8. The maximum atomic E-state index is 12.8. The van der Waals surface area contributed by atoms with E-state index in [0.29, 0.717) is 36.0 Å². The zero-order valence-electron chi connectivity index (χ0n) is 26.7. The molecule has 0 aliphatic heterocycles. The molecule has 0 aromatic carbocycles. The van der Waals surface area contributed by atoms with Gasteiger partial charge in [0.05, 0.1) is 52.0 Å². The van der Waals surface area contributed by atoms with Crippen LogP contribution in [0.2, 0.25) is 0 Å². The Labute approximate surface area is 245 Å². The van der Waals surface area contributed by atoms with Gasteiger partial charge >= 0.3 is 0 Å². The highest BCUT2D eigenvalue weighted by Crippen LogP contribution is 2.68. The first-order chi connectivity index (χ1) is 18.8. The van der Waals surface area contributed by atoms with Crippen LogP contribution in [0.5, 0.6) is 0 Å². The second-order valence-electron chi connectivity index (χ2n) is 15.8. The molecule has 0 bridgehead atoms. The molecule has 4 unspecified atom stereocenters. The zero-order valence-corrected chi connectivity index (χ0v) is 26.7. The lowest BCUT2D eigenvalue weighted by atomic mass is 9.43. The lowest BCUT2D eigenvalue weighted by Crippen LogP contribution is -2.62. The lowest BCUT2D eigenvalue weighted by molar-refractivity contribution is -0.889. The fourth-order valence-corrected chi connectivity index (χ4v) is 10.4. The molecule has 40 heavy (non-hydrogen) atoms. The van der Waals surface area contributed by atoms with Gasteiger partial charge < -0.3 is 25.1 Å². The van der Waals surface area contributed by atoms with Gasteiger partial charge in [-0.1, -0.05) is 40.5 Å². The minimum Gasteiger partial charge on any atom is -0.393 e. The van der Waals surface area contributed by atoms with Gasteiger partial charge in [-0.25, -0.2) is 0 Å². The molecule has 0 aromatic rings. The molecule has 0 saturated heterocycles. The number of aliphatic hydroxyl groups is 3. The van der Waals surface area contributed by atoms with Gasteiger partial charge in [0.25, 0.3) is 0 Å². The summed E-state index contributed by atoms with van der Waals surface area (Å²) in [6.07, 6.45) is 12.0. The Morgan fingerprint density at radius 2 is 1.73 bits per heavy atom. The third-order valence-electron chi connectivity index (χ3n) is 13.0. The van der Waals surface area contributed by atoms with Crippen LogP contribution < -0.4 is 5.32 Å². The van der Waals surface area contributed by atoms with Crippen molar-refractivity contribution in [2.45, 2.75) is 129 Å². The van der Waals surface area contributed by atoms with Gasteiger partial charge in [0.15, 0.2) is 0 Å². The fourth-order valence-electron chi connectivity index (χ4n) is 10.4. The quantitative estimate of drug-likeness (QED) is 0.196. The summed E-state index contributed by atoms with van der Waals surface area (Å²) in [6.45, 7) is 12.1. The topological polar surface area (TPSA) is 89.8 Å². The van der Waals surface area contributed by atoms with Crippen LogP contribution in [-0.4, -0.2) is 77.8 Å². The number of hydrogen-bond donors (Lipinski definition) is 4. The third kappa shape index (κ3) is 6.45. The molecule has 1 amide bonds. The van der Waals surface area contributed by atoms with Gasteiger partial charge in [0.2, 0.25) is 5.91 Å². The minimum absolute atomic E-state index is 0.107. The molecular weight excluding hydrogens is 500 g/mol. The van der Waals surface area contributed by atoms with Crippen molar-refractivity contribution in [3.63, 3.8) is 0 Å². The number of likely N-dealkylation sites (N-methyl/N-ethyl adjacent to an activating group) is 1. The molecule has 0 radical (unpaired) electrons. The first kappa shape index (κ1) is 32.2. The Kier molecular flexibility index (Phi) is 10.4. The van der Waals surface area contributed by atoms with Crippen molar-refractivity contribution in [3.05, 3.63) is 0 Å². The smallest absolute Gasteiger partial charge is 0.220 e. The molecule has 4 rings (SSSR count). The van der Waals surface area contributed by atoms with Crippen LogP contribution in [0.4, 0.5) is 0 Å². The average molecular weight is 564 g/mol. The fraction of sp³-hybridized carbons (Fsp3) is 0.971. The molecule has 0 spiro atoms. The highest BCUT2D eigenvalue weighted by atomic mass is 16.3. The molecule has 4 aliphatic carbocycles. The molecule has 4 N–H and O–H groups in total. The van der Waals surface area contributed by atoms with E-state index >= 15 is 0 Å². The number of carbonyl (C=O) groups is 1. The highest BCUT2D eigenvalue weighted by Gasteiger charge is 2.65. The van der Waals surface area contributed by atoms with Crippen molar-refractivity contribution in [3.8, 4) is 0 Å². The van der Waals surface area contributed by atoms with Crippen LogP contribution >= 0.6 is 0 Å². The van der Waals surface area contributed by atoms with Gasteiger partial charge in [0.1, 0.15) is 0 Å². The predicted octanol–water partition coefficient (Wildman–Crippen LogP) is 5.14. The monoisotopic (exact) mass is 563 g/mol. The van der Waals surface area contributed by atoms with E-state index in [9.17, 15) is 20.1 Å². The number of nitrogens with one attached hydrogen (secondary N) is 1. The van der Waals surface area contributed by atoms with E-state index in [1.807, 2.05) is 0 Å². The standard InChI is InChI=1S/C34H62N2O4/c1-7-8-9-10-18-36(5,6)19-17-35-31(40)14-11-23(2)26-12-13-27-32-28(22-30(39)34(26,27)4)33(3)16-15-25(37)20-24(33)21-29(32)38/h23-30,32,37-39H,7-22H2,1-6H3/p+1/t23-,24?,25-,26-,27?,28?,29-,30+,32?,33+,34-/m1/s1. The molecule has 232 valence electrons. The number of fused-ring (bicyclic) bond motifs is 5. The van der Waals surface area contributed by atoms with Crippen molar-refractivity contribution in [1.29, 1.82) is 0 Å². The number of carbonyl (C=O) groups excluding carboxylic acids is 1. The van der Waals surface area contributed by atoms with E-state index in [1.54, 1.807) is 0 Å². The molecule has 0 heterocycles. The van der Waals surface area contributed by atoms with Crippen LogP contribution in [-0.2, 0) is 4.79 Å². The summed E-state index contributed by atoms with van der Waals surface area (Å²) in [7, 11) is 4.53. The van der Waals surface area contributed by atoms with Crippen molar-refractivity contribution in [2.75, 3.05) is 33.7 Å². The lowest BCUT2D eigenvalue weighted by Gasteiger charge is -2.63. The number of quaternary nitrogens is 1. The summed E-state index contributed by atoms with van der Waals surface area (Å²) in [5.74, 6) is 2.16. The number of nitrogens with zero attached hydrogens (tertiary/aromatic N) is 1. The van der Waals surface area contributed by atoms with Crippen molar-refractivity contribution >= 4 is 5.91 Å². The number of amides is 1. The predicted molar refractivity (Wildman–Crippen MR) is 161 cm³/mol. The molecule has 6 heteroatoms. The number of unbranched alkanes of at least 4 members (excludes halogenated alkanes) is 3. The molecule has 0 aromatic heterocycles. The SMILES string of the molecule is CCCCCC[N+](C)(C)CCNC(=O)CC[C@@H](C)[C@H]1CCC2C3C(C[C@H](O)[C@@]21C)[C@@]1(C)CC[C@@H](O)CC1C[C@H]3O. The average Bonchev–Trinajstić information content (AvgIpc) is 3.25. The summed E-state index contributed by atoms with van der Waals surface area (Å²) in [6, 6.07) is 0. The van der Waals surface area contributed by atoms with E-state index < -0.39 is 0 Å². The number of rotatable bonds is 12. The zero-order chi connectivity index (χ0) is 29.3. The van der Waals surface area contributed by atoms with Crippen LogP contribution in [0.15, 0.2) is 0 Å². The van der Waals surface area contributed by atoms with E-state index in [0.717, 1.165) is 75.5 Å². The maximum Gasteiger partial charge on any atom is 0.220 e. The second kappa shape index (κ2) is 12.9.